The summed E-state index contributed by atoms with van der Waals surface area (Å²) < 4.78 is 4.51. The molecule has 0 aliphatic carbocycles. The first kappa shape index (κ1) is 16.6. The van der Waals surface area contributed by atoms with Crippen LogP contribution in [0.4, 0.5) is 5.82 Å². The molecule has 3 amide bonds. The summed E-state index contributed by atoms with van der Waals surface area (Å²) in [6.07, 6.45) is 1.62. The summed E-state index contributed by atoms with van der Waals surface area (Å²) >= 11 is 1.09. The van der Waals surface area contributed by atoms with Gasteiger partial charge in [-0.3, -0.25) is 14.4 Å². The van der Waals surface area contributed by atoms with Crippen molar-refractivity contribution in [3.63, 3.8) is 0 Å². The molecule has 0 aliphatic rings. The van der Waals surface area contributed by atoms with Gasteiger partial charge < -0.3 is 26.5 Å². The number of H-pyrrole nitrogens is 1. The molecule has 1 aromatic rings. The number of nitrogens with one attached hydrogen (secondary N) is 2. The molecule has 0 spiro atoms. The Hall–Kier alpha value is -2.49. The summed E-state index contributed by atoms with van der Waals surface area (Å²) in [5, 5.41) is 2.38. The van der Waals surface area contributed by atoms with Gasteiger partial charge in [-0.1, -0.05) is 0 Å². The SMILES string of the molecule is CCOC(=O)C(=O)Nc1[nH]c(SC)c(C(N)=O)c1C(N)=O. The lowest BCUT2D eigenvalue weighted by Gasteiger charge is -2.04. The van der Waals surface area contributed by atoms with Gasteiger partial charge in [-0.05, 0) is 13.2 Å². The standard InChI is InChI=1S/C11H14N4O5S/c1-3-20-11(19)9(18)14-8-4(6(12)16)5(7(13)17)10(15-8)21-2/h15H,3H2,1-2H3,(H2,12,16)(H2,13,17)(H,14,18). The number of primary amides is 2. The topological polar surface area (TPSA) is 157 Å². The van der Waals surface area contributed by atoms with E-state index >= 15 is 0 Å². The number of hydrogen-bond acceptors (Lipinski definition) is 6. The zero-order valence-corrected chi connectivity index (χ0v) is 12.1. The van der Waals surface area contributed by atoms with E-state index in [-0.39, 0.29) is 28.6 Å². The molecule has 21 heavy (non-hydrogen) atoms. The van der Waals surface area contributed by atoms with Gasteiger partial charge in [0.05, 0.1) is 22.8 Å². The maximum absolute atomic E-state index is 11.6. The Morgan fingerprint density at radius 3 is 2.19 bits per heavy atom. The Kier molecular flexibility index (Phi) is 5.36. The predicted molar refractivity (Wildman–Crippen MR) is 74.9 cm³/mol. The number of carbonyl (C=O) groups excluding carboxylic acids is 4. The molecular weight excluding hydrogens is 300 g/mol. The van der Waals surface area contributed by atoms with Crippen LogP contribution in [0.5, 0.6) is 0 Å². The van der Waals surface area contributed by atoms with Crippen LogP contribution in [0.25, 0.3) is 0 Å². The van der Waals surface area contributed by atoms with E-state index < -0.39 is 23.7 Å². The van der Waals surface area contributed by atoms with Crippen molar-refractivity contribution in [2.75, 3.05) is 18.2 Å². The fourth-order valence-corrected chi connectivity index (χ4v) is 2.18. The Bertz CT molecular complexity index is 610. The van der Waals surface area contributed by atoms with Crippen molar-refractivity contribution in [3.8, 4) is 0 Å². The van der Waals surface area contributed by atoms with Crippen LogP contribution in [0.15, 0.2) is 5.03 Å². The maximum Gasteiger partial charge on any atom is 0.397 e. The normalized spacial score (nSPS) is 10.0. The molecular formula is C11H14N4O5S. The van der Waals surface area contributed by atoms with Crippen molar-refractivity contribution in [3.05, 3.63) is 11.1 Å². The van der Waals surface area contributed by atoms with Gasteiger partial charge in [0.1, 0.15) is 5.82 Å². The van der Waals surface area contributed by atoms with E-state index in [9.17, 15) is 19.2 Å². The minimum absolute atomic E-state index is 0.0161. The minimum atomic E-state index is -1.13. The number of rotatable bonds is 5. The number of thioether (sulfide) groups is 1. The first-order valence-electron chi connectivity index (χ1n) is 5.71. The maximum atomic E-state index is 11.6. The van der Waals surface area contributed by atoms with Crippen LogP contribution < -0.4 is 16.8 Å². The first-order chi connectivity index (χ1) is 9.83. The zero-order valence-electron chi connectivity index (χ0n) is 11.3. The molecule has 10 heteroatoms. The van der Waals surface area contributed by atoms with Crippen LogP contribution in [0.1, 0.15) is 27.6 Å². The molecule has 0 aliphatic heterocycles. The van der Waals surface area contributed by atoms with Crippen molar-refractivity contribution >= 4 is 41.3 Å². The average Bonchev–Trinajstić information content (AvgIpc) is 2.77. The van der Waals surface area contributed by atoms with E-state index in [0.29, 0.717) is 0 Å². The van der Waals surface area contributed by atoms with E-state index in [1.54, 1.807) is 6.26 Å². The Morgan fingerprint density at radius 2 is 1.76 bits per heavy atom. The molecule has 1 aromatic heterocycles. The monoisotopic (exact) mass is 314 g/mol. The molecule has 0 unspecified atom stereocenters. The molecule has 114 valence electrons. The summed E-state index contributed by atoms with van der Waals surface area (Å²) in [6.45, 7) is 1.55. The number of ether oxygens (including phenoxy) is 1. The third kappa shape index (κ3) is 3.54. The number of aromatic nitrogens is 1. The number of aromatic amines is 1. The van der Waals surface area contributed by atoms with E-state index in [1.807, 2.05) is 0 Å². The number of esters is 1. The zero-order chi connectivity index (χ0) is 16.2. The highest BCUT2D eigenvalue weighted by Gasteiger charge is 2.27. The minimum Gasteiger partial charge on any atom is -0.459 e. The third-order valence-corrected chi connectivity index (χ3v) is 3.08. The largest absolute Gasteiger partial charge is 0.459 e. The van der Waals surface area contributed by atoms with Crippen LogP contribution in [0, 0.1) is 0 Å². The second-order valence-corrected chi connectivity index (χ2v) is 4.50. The van der Waals surface area contributed by atoms with Crippen LogP contribution in [0.2, 0.25) is 0 Å². The van der Waals surface area contributed by atoms with Gasteiger partial charge in [0.2, 0.25) is 0 Å². The summed E-state index contributed by atoms with van der Waals surface area (Å²) in [6, 6.07) is 0. The Labute approximate surface area is 123 Å². The molecule has 0 atom stereocenters. The lowest BCUT2D eigenvalue weighted by atomic mass is 10.1. The van der Waals surface area contributed by atoms with E-state index in [2.05, 4.69) is 15.0 Å². The van der Waals surface area contributed by atoms with Crippen molar-refractivity contribution in [2.45, 2.75) is 11.9 Å². The van der Waals surface area contributed by atoms with Gasteiger partial charge in [-0.25, -0.2) is 4.79 Å². The third-order valence-electron chi connectivity index (χ3n) is 2.36. The molecule has 9 nitrogen and oxygen atoms in total. The van der Waals surface area contributed by atoms with Crippen LogP contribution in [0.3, 0.4) is 0 Å². The van der Waals surface area contributed by atoms with Crippen LogP contribution in [-0.4, -0.2) is 41.5 Å². The molecule has 0 saturated heterocycles. The molecule has 1 rings (SSSR count). The average molecular weight is 314 g/mol. The van der Waals surface area contributed by atoms with Crippen LogP contribution in [-0.2, 0) is 14.3 Å². The molecule has 0 radical (unpaired) electrons. The molecule has 6 N–H and O–H groups in total. The van der Waals surface area contributed by atoms with Gasteiger partial charge in [-0.2, -0.15) is 0 Å². The summed E-state index contributed by atoms with van der Waals surface area (Å²) in [5.41, 5.74) is 9.95. The molecule has 0 aromatic carbocycles. The van der Waals surface area contributed by atoms with Gasteiger partial charge >= 0.3 is 11.9 Å². The molecule has 0 fully saturated rings. The van der Waals surface area contributed by atoms with Crippen molar-refractivity contribution in [2.24, 2.45) is 11.5 Å². The highest BCUT2D eigenvalue weighted by molar-refractivity contribution is 7.98. The smallest absolute Gasteiger partial charge is 0.397 e. The second-order valence-electron chi connectivity index (χ2n) is 3.69. The highest BCUT2D eigenvalue weighted by Crippen LogP contribution is 2.28. The van der Waals surface area contributed by atoms with Crippen molar-refractivity contribution < 1.29 is 23.9 Å². The van der Waals surface area contributed by atoms with Gasteiger partial charge in [0.15, 0.2) is 0 Å². The highest BCUT2D eigenvalue weighted by atomic mass is 32.2. The molecule has 0 bridgehead atoms. The van der Waals surface area contributed by atoms with E-state index in [1.165, 1.54) is 6.92 Å². The lowest BCUT2D eigenvalue weighted by Crippen LogP contribution is -2.27. The second kappa shape index (κ2) is 6.79. The van der Waals surface area contributed by atoms with Gasteiger partial charge in [-0.15, -0.1) is 11.8 Å². The van der Waals surface area contributed by atoms with Crippen molar-refractivity contribution in [1.82, 2.24) is 4.98 Å². The summed E-state index contributed by atoms with van der Waals surface area (Å²) in [5.74, 6) is -4.28. The Morgan fingerprint density at radius 1 is 1.19 bits per heavy atom. The molecule has 1 heterocycles. The van der Waals surface area contributed by atoms with Gasteiger partial charge in [0.25, 0.3) is 11.8 Å². The number of anilines is 1. The molecule has 0 saturated carbocycles. The number of amides is 3. The van der Waals surface area contributed by atoms with Crippen molar-refractivity contribution in [1.29, 1.82) is 0 Å². The summed E-state index contributed by atoms with van der Waals surface area (Å²) in [4.78, 5) is 48.3. The first-order valence-corrected chi connectivity index (χ1v) is 6.93. The number of nitrogens with two attached hydrogens (primary N) is 2. The number of hydrogen-bond donors (Lipinski definition) is 4. The number of carbonyl (C=O) groups is 4. The lowest BCUT2D eigenvalue weighted by molar-refractivity contribution is -0.152. The fourth-order valence-electron chi connectivity index (χ4n) is 1.57. The quantitative estimate of drug-likeness (QED) is 0.324. The summed E-state index contributed by atoms with van der Waals surface area (Å²) in [7, 11) is 0. The predicted octanol–water partition coefficient (Wildman–Crippen LogP) is -0.564. The van der Waals surface area contributed by atoms with Crippen LogP contribution >= 0.6 is 11.8 Å². The Balaban J connectivity index is 3.24. The van der Waals surface area contributed by atoms with E-state index in [4.69, 9.17) is 11.5 Å². The fraction of sp³-hybridized carbons (Fsp3) is 0.273. The van der Waals surface area contributed by atoms with E-state index in [0.717, 1.165) is 11.8 Å². The van der Waals surface area contributed by atoms with Gasteiger partial charge in [0, 0.05) is 0 Å².